The van der Waals surface area contributed by atoms with Crippen molar-refractivity contribution in [2.24, 2.45) is 22.7 Å². The second-order valence-electron chi connectivity index (χ2n) is 12.6. The van der Waals surface area contributed by atoms with Crippen LogP contribution in [0.15, 0.2) is 78.4 Å². The predicted molar refractivity (Wildman–Crippen MR) is 157 cm³/mol. The molecule has 1 N–H and O–H groups in total. The zero-order valence-electron chi connectivity index (χ0n) is 23.5. The van der Waals surface area contributed by atoms with Crippen molar-refractivity contribution in [1.29, 1.82) is 0 Å². The molecule has 2 aromatic rings. The Bertz CT molecular complexity index is 1290. The lowest BCUT2D eigenvalue weighted by Gasteiger charge is -2.63. The Hall–Kier alpha value is -2.44. The molecule has 0 radical (unpaired) electrons. The molecule has 2 saturated carbocycles. The molecule has 0 bridgehead atoms. The third-order valence-corrected chi connectivity index (χ3v) is 10.5. The summed E-state index contributed by atoms with van der Waals surface area (Å²) in [5, 5.41) is 4.40. The Balaban J connectivity index is 1.23. The highest BCUT2D eigenvalue weighted by atomic mass is 35.5. The number of benzene rings is 2. The van der Waals surface area contributed by atoms with E-state index < -0.39 is 0 Å². The molecule has 0 amide bonds. The van der Waals surface area contributed by atoms with Crippen LogP contribution in [-0.4, -0.2) is 31.3 Å². The van der Waals surface area contributed by atoms with Crippen LogP contribution >= 0.6 is 11.6 Å². The molecule has 6 heteroatoms. The highest BCUT2D eigenvalue weighted by molar-refractivity contribution is 6.30. The van der Waals surface area contributed by atoms with Gasteiger partial charge in [0, 0.05) is 28.6 Å². The lowest BCUT2D eigenvalue weighted by atomic mass is 9.45. The van der Waals surface area contributed by atoms with E-state index in [1.165, 1.54) is 5.57 Å². The smallest absolute Gasteiger partial charge is 0.335 e. The number of cyclic esters (lactones) is 1. The van der Waals surface area contributed by atoms with Gasteiger partial charge in [-0.1, -0.05) is 80.1 Å². The lowest BCUT2D eigenvalue weighted by molar-refractivity contribution is -0.307. The first kappa shape index (κ1) is 27.7. The van der Waals surface area contributed by atoms with Crippen LogP contribution in [0, 0.1) is 22.7 Å². The van der Waals surface area contributed by atoms with Gasteiger partial charge in [-0.2, -0.15) is 0 Å². The van der Waals surface area contributed by atoms with Crippen LogP contribution < -0.4 is 5.32 Å². The van der Waals surface area contributed by atoms with Crippen molar-refractivity contribution in [2.45, 2.75) is 70.9 Å². The third-order valence-electron chi connectivity index (χ3n) is 10.3. The first-order valence-electron chi connectivity index (χ1n) is 14.6. The molecule has 2 aromatic carbocycles. The molecule has 6 rings (SSSR count). The summed E-state index contributed by atoms with van der Waals surface area (Å²) in [5.74, 6) is 0.481. The van der Waals surface area contributed by atoms with Crippen LogP contribution in [0.25, 0.3) is 0 Å². The number of fused-ring (bicyclic) bond motifs is 3. The van der Waals surface area contributed by atoms with E-state index in [2.05, 4.69) is 43.9 Å². The maximum Gasteiger partial charge on any atom is 0.335 e. The quantitative estimate of drug-likeness (QED) is 0.287. The van der Waals surface area contributed by atoms with Gasteiger partial charge in [-0.15, -0.1) is 0 Å². The standard InChI is InChI=1S/C34H40ClNO4/c1-22-12-13-29-33(2,16-14-30-34(29,3)21-39-32(40-30)24-9-5-4-6-10-24)27(22)19-28(26-15-17-38-31(26)37)36-20-23-8-7-11-25(35)18-23/h4-11,15,18,27-30,32,36H,1,12-14,16-17,19-21H2,2-3H3. The van der Waals surface area contributed by atoms with Crippen molar-refractivity contribution < 1.29 is 19.0 Å². The van der Waals surface area contributed by atoms with Gasteiger partial charge < -0.3 is 19.5 Å². The van der Waals surface area contributed by atoms with E-state index in [9.17, 15) is 4.79 Å². The first-order chi connectivity index (χ1) is 19.3. The highest BCUT2D eigenvalue weighted by Crippen LogP contribution is 2.64. The second-order valence-corrected chi connectivity index (χ2v) is 13.0. The van der Waals surface area contributed by atoms with E-state index >= 15 is 0 Å². The summed E-state index contributed by atoms with van der Waals surface area (Å²) in [5.41, 5.74) is 4.16. The molecule has 212 valence electrons. The Labute approximate surface area is 242 Å². The van der Waals surface area contributed by atoms with Gasteiger partial charge >= 0.3 is 5.97 Å². The van der Waals surface area contributed by atoms with Crippen molar-refractivity contribution in [3.05, 3.63) is 94.5 Å². The fraction of sp³-hybridized carbons (Fsp3) is 0.500. The van der Waals surface area contributed by atoms with Crippen molar-refractivity contribution >= 4 is 17.6 Å². The number of hydrogen-bond donors (Lipinski definition) is 1. The van der Waals surface area contributed by atoms with Gasteiger partial charge in [-0.3, -0.25) is 0 Å². The van der Waals surface area contributed by atoms with Gasteiger partial charge in [0.05, 0.1) is 18.3 Å². The second kappa shape index (κ2) is 11.1. The molecular formula is C34H40ClNO4. The number of ether oxygens (including phenoxy) is 3. The van der Waals surface area contributed by atoms with Crippen LogP contribution in [0.2, 0.25) is 5.02 Å². The summed E-state index contributed by atoms with van der Waals surface area (Å²) in [7, 11) is 0. The van der Waals surface area contributed by atoms with Crippen LogP contribution in [0.5, 0.6) is 0 Å². The van der Waals surface area contributed by atoms with Gasteiger partial charge in [0.25, 0.3) is 0 Å². The maximum absolute atomic E-state index is 12.7. The first-order valence-corrected chi connectivity index (χ1v) is 15.0. The van der Waals surface area contributed by atoms with E-state index in [0.717, 1.165) is 48.8 Å². The normalized spacial score (nSPS) is 34.4. The Morgan fingerprint density at radius 1 is 1.10 bits per heavy atom. The van der Waals surface area contributed by atoms with Crippen LogP contribution in [0.4, 0.5) is 0 Å². The van der Waals surface area contributed by atoms with Crippen LogP contribution in [-0.2, 0) is 25.5 Å². The van der Waals surface area contributed by atoms with Gasteiger partial charge in [-0.05, 0) is 73.1 Å². The Morgan fingerprint density at radius 3 is 2.67 bits per heavy atom. The summed E-state index contributed by atoms with van der Waals surface area (Å²) in [6.45, 7) is 11.1. The molecule has 2 heterocycles. The minimum absolute atomic E-state index is 0.0337. The SMILES string of the molecule is C=C1CCC2C3(C)COC(c4ccccc4)OC3CCC2(C)C1CC(NCc1cccc(Cl)c1)C1=CCOC1=O. The molecule has 5 nitrogen and oxygen atoms in total. The fourth-order valence-electron chi connectivity index (χ4n) is 8.15. The fourth-order valence-corrected chi connectivity index (χ4v) is 8.37. The van der Waals surface area contributed by atoms with E-state index in [-0.39, 0.29) is 41.2 Å². The van der Waals surface area contributed by atoms with Crippen molar-refractivity contribution in [2.75, 3.05) is 13.2 Å². The summed E-state index contributed by atoms with van der Waals surface area (Å²) >= 11 is 6.25. The van der Waals surface area contributed by atoms with Crippen LogP contribution in [0.1, 0.15) is 63.4 Å². The highest BCUT2D eigenvalue weighted by Gasteiger charge is 2.60. The number of esters is 1. The number of carbonyl (C=O) groups is 1. The van der Waals surface area contributed by atoms with Gasteiger partial charge in [0.1, 0.15) is 6.61 Å². The topological polar surface area (TPSA) is 56.8 Å². The number of rotatable bonds is 7. The molecule has 3 fully saturated rings. The van der Waals surface area contributed by atoms with Crippen molar-refractivity contribution in [1.82, 2.24) is 5.32 Å². The number of allylic oxidation sites excluding steroid dienone is 1. The largest absolute Gasteiger partial charge is 0.458 e. The molecular weight excluding hydrogens is 522 g/mol. The van der Waals surface area contributed by atoms with Gasteiger partial charge in [0.2, 0.25) is 0 Å². The summed E-state index contributed by atoms with van der Waals surface area (Å²) in [6.07, 6.45) is 6.72. The molecule has 1 saturated heterocycles. The zero-order chi connectivity index (χ0) is 27.9. The van der Waals surface area contributed by atoms with Gasteiger partial charge in [0.15, 0.2) is 6.29 Å². The minimum Gasteiger partial charge on any atom is -0.458 e. The molecule has 4 aliphatic rings. The van der Waals surface area contributed by atoms with E-state index in [1.807, 2.05) is 42.5 Å². The summed E-state index contributed by atoms with van der Waals surface area (Å²) in [4.78, 5) is 12.7. The van der Waals surface area contributed by atoms with Crippen LogP contribution in [0.3, 0.4) is 0 Å². The number of halogens is 1. The van der Waals surface area contributed by atoms with Gasteiger partial charge in [-0.25, -0.2) is 4.79 Å². The lowest BCUT2D eigenvalue weighted by Crippen LogP contribution is -2.60. The minimum atomic E-state index is -0.307. The molecule has 0 spiro atoms. The molecule has 7 unspecified atom stereocenters. The van der Waals surface area contributed by atoms with Crippen molar-refractivity contribution in [3.63, 3.8) is 0 Å². The summed E-state index contributed by atoms with van der Waals surface area (Å²) in [6, 6.07) is 18.0. The molecule has 2 aliphatic carbocycles. The average Bonchev–Trinajstić information content (AvgIpc) is 3.38. The summed E-state index contributed by atoms with van der Waals surface area (Å²) < 4.78 is 18.4. The van der Waals surface area contributed by atoms with E-state index in [0.29, 0.717) is 30.7 Å². The number of hydrogen-bond acceptors (Lipinski definition) is 5. The van der Waals surface area contributed by atoms with Crippen molar-refractivity contribution in [3.8, 4) is 0 Å². The van der Waals surface area contributed by atoms with E-state index in [4.69, 9.17) is 25.8 Å². The molecule has 7 atom stereocenters. The predicted octanol–water partition coefficient (Wildman–Crippen LogP) is 7.17. The zero-order valence-corrected chi connectivity index (χ0v) is 24.3. The Morgan fingerprint density at radius 2 is 1.93 bits per heavy atom. The maximum atomic E-state index is 12.7. The third kappa shape index (κ3) is 5.07. The molecule has 0 aromatic heterocycles. The number of nitrogens with one attached hydrogen (secondary N) is 1. The molecule has 40 heavy (non-hydrogen) atoms. The monoisotopic (exact) mass is 561 g/mol. The Kier molecular flexibility index (Phi) is 7.69. The number of carbonyl (C=O) groups excluding carboxylic acids is 1. The van der Waals surface area contributed by atoms with E-state index in [1.54, 1.807) is 0 Å². The molecule has 2 aliphatic heterocycles. The average molecular weight is 562 g/mol.